The highest BCUT2D eigenvalue weighted by atomic mass is 35.5. The molecule has 1 saturated heterocycles. The average Bonchev–Trinajstić information content (AvgIpc) is 2.84. The zero-order valence-corrected chi connectivity index (χ0v) is 13.7. The van der Waals surface area contributed by atoms with Gasteiger partial charge in [0.1, 0.15) is 11.7 Å². The van der Waals surface area contributed by atoms with Crippen LogP contribution in [0.3, 0.4) is 0 Å². The van der Waals surface area contributed by atoms with Crippen molar-refractivity contribution in [1.82, 2.24) is 15.1 Å². The van der Waals surface area contributed by atoms with Gasteiger partial charge in [-0.25, -0.2) is 0 Å². The number of halogens is 2. The minimum Gasteiger partial charge on any atom is -0.374 e. The van der Waals surface area contributed by atoms with E-state index in [0.717, 1.165) is 18.4 Å². The number of Topliss-reactive ketones (excluding diaryl/α,β-unsaturated/α-hetero) is 1. The van der Waals surface area contributed by atoms with Crippen molar-refractivity contribution in [3.63, 3.8) is 0 Å². The molecule has 2 aliphatic heterocycles. The number of nitrogens with one attached hydrogen (secondary N) is 1. The molecule has 0 aromatic heterocycles. The lowest BCUT2D eigenvalue weighted by Gasteiger charge is -2.48. The van der Waals surface area contributed by atoms with E-state index < -0.39 is 5.54 Å². The number of carbonyl (C=O) groups excluding carboxylic acids is 1. The van der Waals surface area contributed by atoms with E-state index in [9.17, 15) is 9.18 Å². The van der Waals surface area contributed by atoms with Gasteiger partial charge < -0.3 is 9.80 Å². The van der Waals surface area contributed by atoms with Gasteiger partial charge in [-0.05, 0) is 30.5 Å². The normalized spacial score (nSPS) is 33.3. The van der Waals surface area contributed by atoms with Gasteiger partial charge in [0.2, 0.25) is 5.95 Å². The van der Waals surface area contributed by atoms with Crippen molar-refractivity contribution in [3.05, 3.63) is 47.0 Å². The fraction of sp³-hybridized carbons (Fsp3) is 0.471. The van der Waals surface area contributed by atoms with Gasteiger partial charge in [0.15, 0.2) is 5.78 Å². The maximum absolute atomic E-state index is 14.9. The van der Waals surface area contributed by atoms with Crippen LogP contribution in [-0.2, 0) is 4.79 Å². The van der Waals surface area contributed by atoms with Crippen molar-refractivity contribution in [3.8, 4) is 0 Å². The Hall–Kier alpha value is -1.59. The van der Waals surface area contributed by atoms with Crippen LogP contribution in [0.25, 0.3) is 0 Å². The fourth-order valence-corrected chi connectivity index (χ4v) is 4.51. The van der Waals surface area contributed by atoms with Gasteiger partial charge >= 0.3 is 0 Å². The minimum absolute atomic E-state index is 0.0466. The smallest absolute Gasteiger partial charge is 0.208 e. The summed E-state index contributed by atoms with van der Waals surface area (Å²) in [4.78, 5) is 16.3. The zero-order valence-electron chi connectivity index (χ0n) is 12.9. The van der Waals surface area contributed by atoms with E-state index in [-0.39, 0.29) is 23.9 Å². The highest BCUT2D eigenvalue weighted by Crippen LogP contribution is 2.47. The number of rotatable bonds is 1. The van der Waals surface area contributed by atoms with Gasteiger partial charge in [0, 0.05) is 31.1 Å². The Morgan fingerprint density at radius 3 is 3.04 bits per heavy atom. The summed E-state index contributed by atoms with van der Waals surface area (Å²) < 4.78 is 14.9. The predicted molar refractivity (Wildman–Crippen MR) is 86.4 cm³/mol. The monoisotopic (exact) mass is 335 g/mol. The molecule has 1 N–H and O–H groups in total. The molecule has 1 saturated carbocycles. The number of ketones is 1. The van der Waals surface area contributed by atoms with Crippen LogP contribution in [0.4, 0.5) is 4.39 Å². The number of carbonyl (C=O) groups is 1. The molecule has 3 aliphatic rings. The summed E-state index contributed by atoms with van der Waals surface area (Å²) in [6.07, 6.45) is 3.34. The van der Waals surface area contributed by atoms with Gasteiger partial charge in [-0.3, -0.25) is 10.1 Å². The van der Waals surface area contributed by atoms with Crippen LogP contribution in [0.15, 0.2) is 36.4 Å². The molecular formula is C17H19ClFN3O. The van der Waals surface area contributed by atoms with Crippen molar-refractivity contribution < 1.29 is 9.18 Å². The predicted octanol–water partition coefficient (Wildman–Crippen LogP) is 2.82. The molecular weight excluding hydrogens is 317 g/mol. The lowest BCUT2D eigenvalue weighted by atomic mass is 9.75. The Kier molecular flexibility index (Phi) is 3.39. The molecule has 6 heteroatoms. The van der Waals surface area contributed by atoms with E-state index >= 15 is 0 Å². The van der Waals surface area contributed by atoms with E-state index in [0.29, 0.717) is 18.0 Å². The summed E-state index contributed by atoms with van der Waals surface area (Å²) in [6.45, 7) is 0.508. The number of hydrogen-bond donors (Lipinski definition) is 1. The van der Waals surface area contributed by atoms with Crippen molar-refractivity contribution in [2.24, 2.45) is 0 Å². The lowest BCUT2D eigenvalue weighted by Crippen LogP contribution is -2.65. The van der Waals surface area contributed by atoms with Gasteiger partial charge in [-0.15, -0.1) is 0 Å². The summed E-state index contributed by atoms with van der Waals surface area (Å²) in [7, 11) is 1.82. The van der Waals surface area contributed by atoms with Gasteiger partial charge in [-0.1, -0.05) is 23.7 Å². The molecule has 0 bridgehead atoms. The first-order valence-corrected chi connectivity index (χ1v) is 8.32. The van der Waals surface area contributed by atoms with E-state index in [1.807, 2.05) is 25.2 Å². The summed E-state index contributed by atoms with van der Waals surface area (Å²) in [5.41, 5.74) is 0.0610. The first kappa shape index (κ1) is 15.0. The van der Waals surface area contributed by atoms with E-state index in [1.54, 1.807) is 15.9 Å². The summed E-state index contributed by atoms with van der Waals surface area (Å²) in [5.74, 6) is -0.241. The quantitative estimate of drug-likeness (QED) is 0.801. The Morgan fingerprint density at radius 2 is 2.26 bits per heavy atom. The number of hydrogen-bond acceptors (Lipinski definition) is 4. The van der Waals surface area contributed by atoms with Gasteiger partial charge in [0.05, 0.1) is 6.20 Å². The van der Waals surface area contributed by atoms with Crippen LogP contribution in [-0.4, -0.2) is 40.8 Å². The Labute approximate surface area is 139 Å². The molecule has 2 heterocycles. The molecule has 23 heavy (non-hydrogen) atoms. The Morgan fingerprint density at radius 1 is 1.43 bits per heavy atom. The standard InChI is InChI=1S/C17H19ClFN3O/c1-21-9-15(19)22-16(11-4-2-5-12(18)8-11)20-13-6-3-7-14(23)17(13,22)10-21/h2,4-5,8-9,13,16,20H,3,6-7,10H2,1H3. The molecule has 4 nitrogen and oxygen atoms in total. The molecule has 1 aliphatic carbocycles. The van der Waals surface area contributed by atoms with E-state index in [2.05, 4.69) is 5.32 Å². The number of nitrogens with zero attached hydrogens (tertiary/aromatic N) is 2. The Balaban J connectivity index is 1.84. The largest absolute Gasteiger partial charge is 0.374 e. The molecule has 1 aromatic carbocycles. The second-order valence-electron chi connectivity index (χ2n) is 6.65. The van der Waals surface area contributed by atoms with Crippen LogP contribution >= 0.6 is 11.6 Å². The number of benzene rings is 1. The molecule has 2 fully saturated rings. The average molecular weight is 336 g/mol. The molecule has 1 aromatic rings. The summed E-state index contributed by atoms with van der Waals surface area (Å²) in [6, 6.07) is 7.36. The third-order valence-corrected chi connectivity index (χ3v) is 5.45. The molecule has 0 amide bonds. The first-order chi connectivity index (χ1) is 11.0. The highest BCUT2D eigenvalue weighted by molar-refractivity contribution is 6.30. The molecule has 3 atom stereocenters. The first-order valence-electron chi connectivity index (χ1n) is 7.94. The van der Waals surface area contributed by atoms with E-state index in [4.69, 9.17) is 11.6 Å². The van der Waals surface area contributed by atoms with E-state index in [1.165, 1.54) is 6.20 Å². The number of likely N-dealkylation sites (N-methyl/N-ethyl adjacent to an activating group) is 1. The third kappa shape index (κ3) is 2.10. The molecule has 122 valence electrons. The zero-order chi connectivity index (χ0) is 16.2. The highest BCUT2D eigenvalue weighted by Gasteiger charge is 2.61. The van der Waals surface area contributed by atoms with Crippen LogP contribution in [0.1, 0.15) is 31.0 Å². The lowest BCUT2D eigenvalue weighted by molar-refractivity contribution is -0.135. The van der Waals surface area contributed by atoms with Crippen molar-refractivity contribution >= 4 is 17.4 Å². The molecule has 0 radical (unpaired) electrons. The fourth-order valence-electron chi connectivity index (χ4n) is 4.32. The maximum atomic E-state index is 14.9. The maximum Gasteiger partial charge on any atom is 0.208 e. The van der Waals surface area contributed by atoms with Crippen LogP contribution in [0.2, 0.25) is 5.02 Å². The summed E-state index contributed by atoms with van der Waals surface area (Å²) >= 11 is 6.11. The molecule has 3 unspecified atom stereocenters. The van der Waals surface area contributed by atoms with Crippen molar-refractivity contribution in [2.45, 2.75) is 37.0 Å². The van der Waals surface area contributed by atoms with Gasteiger partial charge in [-0.2, -0.15) is 4.39 Å². The third-order valence-electron chi connectivity index (χ3n) is 5.22. The summed E-state index contributed by atoms with van der Waals surface area (Å²) in [5, 5.41) is 4.10. The SMILES string of the molecule is CN1C=C(F)N2C(c3cccc(Cl)c3)NC3CCCC(=O)C32C1. The van der Waals surface area contributed by atoms with Crippen LogP contribution in [0, 0.1) is 0 Å². The molecule has 4 rings (SSSR count). The van der Waals surface area contributed by atoms with Gasteiger partial charge in [0.25, 0.3) is 0 Å². The second kappa shape index (κ2) is 5.21. The van der Waals surface area contributed by atoms with Crippen LogP contribution in [0.5, 0.6) is 0 Å². The Bertz CT molecular complexity index is 694. The van der Waals surface area contributed by atoms with Crippen molar-refractivity contribution in [2.75, 3.05) is 13.6 Å². The van der Waals surface area contributed by atoms with Crippen molar-refractivity contribution in [1.29, 1.82) is 0 Å². The minimum atomic E-state index is -0.821. The second-order valence-corrected chi connectivity index (χ2v) is 7.09. The van der Waals surface area contributed by atoms with Crippen LogP contribution < -0.4 is 5.32 Å². The topological polar surface area (TPSA) is 35.6 Å². The molecule has 1 spiro atoms.